The number of nitrogens with zero attached hydrogens (tertiary/aromatic N) is 2. The lowest BCUT2D eigenvalue weighted by atomic mass is 9.95. The summed E-state index contributed by atoms with van der Waals surface area (Å²) < 4.78 is 34.9. The Morgan fingerprint density at radius 3 is 2.41 bits per heavy atom. The highest BCUT2D eigenvalue weighted by Gasteiger charge is 2.35. The Balaban J connectivity index is 1.32. The van der Waals surface area contributed by atoms with E-state index in [0.29, 0.717) is 55.2 Å². The van der Waals surface area contributed by atoms with E-state index in [4.69, 9.17) is 4.74 Å². The molecular weight excluding hydrogens is 450 g/mol. The monoisotopic (exact) mass is 481 g/mol. The van der Waals surface area contributed by atoms with Gasteiger partial charge >= 0.3 is 0 Å². The highest BCUT2D eigenvalue weighted by atomic mass is 32.2. The fourth-order valence-corrected chi connectivity index (χ4v) is 6.06. The Labute approximate surface area is 201 Å². The Morgan fingerprint density at radius 2 is 1.76 bits per heavy atom. The highest BCUT2D eigenvalue weighted by molar-refractivity contribution is 8.00. The van der Waals surface area contributed by atoms with Crippen LogP contribution in [0, 0.1) is 5.92 Å². The molecule has 2 heterocycles. The van der Waals surface area contributed by atoms with E-state index >= 15 is 0 Å². The van der Waals surface area contributed by atoms with E-state index in [2.05, 4.69) is 21.8 Å². The van der Waals surface area contributed by atoms with Crippen LogP contribution in [0.5, 0.6) is 5.75 Å². The number of rotatable bonds is 7. The number of ether oxygens (including phenoxy) is 1. The molecule has 0 saturated carbocycles. The fraction of sp³-hybridized carbons (Fsp3) is 0.385. The van der Waals surface area contributed by atoms with Gasteiger partial charge in [0.25, 0.3) is 10.0 Å². The van der Waals surface area contributed by atoms with Crippen molar-refractivity contribution in [2.24, 2.45) is 10.3 Å². The molecule has 1 saturated heterocycles. The van der Waals surface area contributed by atoms with Crippen LogP contribution in [0.1, 0.15) is 37.3 Å². The van der Waals surface area contributed by atoms with Gasteiger partial charge in [0.2, 0.25) is 5.91 Å². The lowest BCUT2D eigenvalue weighted by molar-refractivity contribution is -0.126. The molecule has 34 heavy (non-hydrogen) atoms. The average Bonchev–Trinajstić information content (AvgIpc) is 3.10. The maximum Gasteiger partial charge on any atom is 0.285 e. The van der Waals surface area contributed by atoms with Gasteiger partial charge in [-0.25, -0.2) is 0 Å². The van der Waals surface area contributed by atoms with Crippen LogP contribution < -0.4 is 10.1 Å². The minimum atomic E-state index is -3.77. The first-order valence-electron chi connectivity index (χ1n) is 11.7. The molecule has 0 radical (unpaired) electrons. The predicted molar refractivity (Wildman–Crippen MR) is 134 cm³/mol. The van der Waals surface area contributed by atoms with E-state index in [1.165, 1.54) is 5.56 Å². The molecule has 0 aromatic heterocycles. The summed E-state index contributed by atoms with van der Waals surface area (Å²) in [4.78, 5) is 14.8. The number of carbonyl (C=O) groups is 1. The Bertz CT molecular complexity index is 1180. The number of piperidine rings is 1. The van der Waals surface area contributed by atoms with Gasteiger partial charge in [-0.05, 0) is 68.0 Å². The molecule has 0 spiro atoms. The van der Waals surface area contributed by atoms with Crippen LogP contribution in [0.2, 0.25) is 0 Å². The average molecular weight is 482 g/mol. The molecule has 0 bridgehead atoms. The first-order valence-corrected chi connectivity index (χ1v) is 13.1. The van der Waals surface area contributed by atoms with Crippen LogP contribution in [0.4, 0.5) is 0 Å². The molecule has 2 aliphatic heterocycles. The first kappa shape index (κ1) is 24.0. The Morgan fingerprint density at radius 1 is 1.09 bits per heavy atom. The van der Waals surface area contributed by atoms with Gasteiger partial charge in [0.1, 0.15) is 16.5 Å². The van der Waals surface area contributed by atoms with Gasteiger partial charge in [0.15, 0.2) is 0 Å². The van der Waals surface area contributed by atoms with E-state index in [1.807, 2.05) is 23.1 Å². The minimum absolute atomic E-state index is 0.0584. The summed E-state index contributed by atoms with van der Waals surface area (Å²) >= 11 is 0. The number of amides is 1. The summed E-state index contributed by atoms with van der Waals surface area (Å²) in [6, 6.07) is 17.2. The van der Waals surface area contributed by atoms with E-state index in [9.17, 15) is 13.2 Å². The van der Waals surface area contributed by atoms with Crippen molar-refractivity contribution in [2.75, 3.05) is 26.7 Å². The number of carbonyl (C=O) groups excluding carboxylic acids is 1. The number of hydrogen-bond acceptors (Lipinski definition) is 5. The highest BCUT2D eigenvalue weighted by Crippen LogP contribution is 2.35. The summed E-state index contributed by atoms with van der Waals surface area (Å²) in [5, 5.41) is 3.06. The van der Waals surface area contributed by atoms with Gasteiger partial charge in [-0.15, -0.1) is 4.40 Å². The summed E-state index contributed by atoms with van der Waals surface area (Å²) in [7, 11) is -2.20. The molecule has 1 N–H and O–H groups in total. The Hall–Kier alpha value is -3.13. The molecule has 1 amide bonds. The number of amidine groups is 1. The maximum atomic E-state index is 12.8. The zero-order valence-corrected chi connectivity index (χ0v) is 20.5. The zero-order chi connectivity index (χ0) is 24.1. The lowest BCUT2D eigenvalue weighted by Crippen LogP contribution is -2.43. The molecule has 1 fully saturated rings. The molecule has 2 aliphatic rings. The van der Waals surface area contributed by atoms with Crippen molar-refractivity contribution in [3.8, 4) is 5.75 Å². The summed E-state index contributed by atoms with van der Waals surface area (Å²) in [5.74, 6) is 1.18. The van der Waals surface area contributed by atoms with Crippen molar-refractivity contribution in [1.82, 2.24) is 10.2 Å². The number of methoxy groups -OCH3 is 1. The molecule has 4 rings (SSSR count). The van der Waals surface area contributed by atoms with Crippen LogP contribution in [0.15, 0.2) is 64.6 Å². The van der Waals surface area contributed by atoms with Crippen LogP contribution in [0.25, 0.3) is 4.91 Å². The van der Waals surface area contributed by atoms with Gasteiger partial charge in [-0.3, -0.25) is 4.79 Å². The standard InChI is InChI=1S/C26H31N3O4S/c1-19-24(21-10-12-23(33-2)13-11-21)34(31,32)28-25(19)29-17-14-22(15-18-29)26(30)27-16-6-9-20-7-4-3-5-8-20/h3-5,7-8,10-13,22H,6,9,14-18H2,1-2H3,(H,27,30). The van der Waals surface area contributed by atoms with Gasteiger partial charge in [0, 0.05) is 31.1 Å². The SMILES string of the molecule is COc1ccc(C2=C(C)C(N3CCC(C(=O)NCCCc4ccccc4)CC3)=NS2(=O)=O)cc1. The third-order valence-corrected chi connectivity index (χ3v) is 7.91. The molecule has 0 aliphatic carbocycles. The molecule has 0 unspecified atom stereocenters. The van der Waals surface area contributed by atoms with Crippen LogP contribution in [-0.2, 0) is 21.2 Å². The van der Waals surface area contributed by atoms with Crippen molar-refractivity contribution in [3.63, 3.8) is 0 Å². The van der Waals surface area contributed by atoms with Crippen molar-refractivity contribution in [1.29, 1.82) is 0 Å². The van der Waals surface area contributed by atoms with Crippen LogP contribution in [-0.4, -0.2) is 51.8 Å². The van der Waals surface area contributed by atoms with Gasteiger partial charge in [0.05, 0.1) is 7.11 Å². The molecule has 2 aromatic carbocycles. The predicted octanol–water partition coefficient (Wildman–Crippen LogP) is 3.63. The second-order valence-electron chi connectivity index (χ2n) is 8.71. The smallest absolute Gasteiger partial charge is 0.285 e. The number of likely N-dealkylation sites (tertiary alicyclic amines) is 1. The second kappa shape index (κ2) is 10.4. The van der Waals surface area contributed by atoms with E-state index in [0.717, 1.165) is 12.8 Å². The molecular formula is C26H31N3O4S. The van der Waals surface area contributed by atoms with Gasteiger partial charge in [-0.1, -0.05) is 30.3 Å². The molecule has 7 nitrogen and oxygen atoms in total. The van der Waals surface area contributed by atoms with Crippen molar-refractivity contribution >= 4 is 26.7 Å². The molecule has 180 valence electrons. The van der Waals surface area contributed by atoms with Crippen LogP contribution in [0.3, 0.4) is 0 Å². The third-order valence-electron chi connectivity index (χ3n) is 6.44. The number of hydrogen-bond donors (Lipinski definition) is 1. The topological polar surface area (TPSA) is 88.1 Å². The summed E-state index contributed by atoms with van der Waals surface area (Å²) in [6.07, 6.45) is 3.20. The van der Waals surface area contributed by atoms with E-state index in [1.54, 1.807) is 38.3 Å². The Kier molecular flexibility index (Phi) is 7.36. The fourth-order valence-electron chi connectivity index (χ4n) is 4.57. The number of nitrogens with one attached hydrogen (secondary N) is 1. The molecule has 8 heteroatoms. The third kappa shape index (κ3) is 5.33. The maximum absolute atomic E-state index is 12.8. The molecule has 0 atom stereocenters. The van der Waals surface area contributed by atoms with E-state index in [-0.39, 0.29) is 16.7 Å². The van der Waals surface area contributed by atoms with Crippen molar-refractivity contribution in [3.05, 3.63) is 71.3 Å². The second-order valence-corrected chi connectivity index (χ2v) is 10.3. The largest absolute Gasteiger partial charge is 0.497 e. The quantitative estimate of drug-likeness (QED) is 0.610. The number of benzene rings is 2. The molecule has 2 aromatic rings. The summed E-state index contributed by atoms with van der Waals surface area (Å²) in [5.41, 5.74) is 2.52. The van der Waals surface area contributed by atoms with Crippen molar-refractivity contribution < 1.29 is 17.9 Å². The lowest BCUT2D eigenvalue weighted by Gasteiger charge is -2.32. The number of aryl methyl sites for hydroxylation is 1. The van der Waals surface area contributed by atoms with Gasteiger partial charge in [-0.2, -0.15) is 8.42 Å². The van der Waals surface area contributed by atoms with E-state index < -0.39 is 10.0 Å². The van der Waals surface area contributed by atoms with Crippen LogP contribution >= 0.6 is 0 Å². The van der Waals surface area contributed by atoms with Gasteiger partial charge < -0.3 is 15.0 Å². The zero-order valence-electron chi connectivity index (χ0n) is 19.7. The number of sulfonamides is 1. The first-order chi connectivity index (χ1) is 16.4. The summed E-state index contributed by atoms with van der Waals surface area (Å²) in [6.45, 7) is 3.66. The van der Waals surface area contributed by atoms with Crippen molar-refractivity contribution in [2.45, 2.75) is 32.6 Å². The minimum Gasteiger partial charge on any atom is -0.497 e. The normalized spacial score (nSPS) is 18.1.